The summed E-state index contributed by atoms with van der Waals surface area (Å²) in [5, 5.41) is 17.7. The fraction of sp³-hybridized carbons (Fsp3) is 0.238. The molecule has 152 valence electrons. The van der Waals surface area contributed by atoms with Crippen molar-refractivity contribution >= 4 is 34.1 Å². The first-order valence-corrected chi connectivity index (χ1v) is 9.43. The van der Waals surface area contributed by atoms with Crippen LogP contribution in [0.1, 0.15) is 27.5 Å². The van der Waals surface area contributed by atoms with E-state index >= 15 is 0 Å². The Morgan fingerprint density at radius 2 is 2.14 bits per heavy atom. The number of para-hydroxylation sites is 1. The van der Waals surface area contributed by atoms with Crippen molar-refractivity contribution in [2.45, 2.75) is 12.6 Å². The fourth-order valence-corrected chi connectivity index (χ4v) is 3.55. The minimum atomic E-state index is -0.556. The quantitative estimate of drug-likeness (QED) is 0.451. The Kier molecular flexibility index (Phi) is 6.53. The number of aromatic nitrogens is 1. The number of halogens is 1. The van der Waals surface area contributed by atoms with E-state index in [4.69, 9.17) is 22.1 Å². The van der Waals surface area contributed by atoms with Crippen LogP contribution in [-0.2, 0) is 6.61 Å². The van der Waals surface area contributed by atoms with Gasteiger partial charge in [-0.25, -0.2) is 0 Å². The number of benzene rings is 2. The number of hydrogen-bond donors (Lipinski definition) is 4. The molecule has 3 rings (SSSR count). The van der Waals surface area contributed by atoms with Gasteiger partial charge in [0.1, 0.15) is 5.75 Å². The molecule has 29 heavy (non-hydrogen) atoms. The number of aliphatic hydroxyl groups is 1. The highest BCUT2D eigenvalue weighted by Gasteiger charge is 2.18. The number of carbonyl (C=O) groups is 1. The Balaban J connectivity index is 2.11. The third-order valence-corrected chi connectivity index (χ3v) is 5.01. The molecular formula is C21H23ClN4O3. The summed E-state index contributed by atoms with van der Waals surface area (Å²) < 4.78 is 5.23. The second-order valence-corrected chi connectivity index (χ2v) is 6.94. The maximum Gasteiger partial charge on any atom is 0.250 e. The fourth-order valence-electron chi connectivity index (χ4n) is 3.28. The Hall–Kier alpha value is -2.87. The molecule has 3 aromatic rings. The second-order valence-electron chi connectivity index (χ2n) is 6.53. The summed E-state index contributed by atoms with van der Waals surface area (Å²) in [7, 11) is 3.42. The third-order valence-electron chi connectivity index (χ3n) is 4.72. The first-order chi connectivity index (χ1) is 14.0. The molecule has 2 aromatic carbocycles. The number of ether oxygens (including phenoxy) is 1. The van der Waals surface area contributed by atoms with Crippen molar-refractivity contribution in [3.63, 3.8) is 0 Å². The first-order valence-electron chi connectivity index (χ1n) is 9.06. The lowest BCUT2D eigenvalue weighted by atomic mass is 10.0. The number of aliphatic hydroxyl groups excluding tert-OH is 1. The van der Waals surface area contributed by atoms with E-state index in [0.29, 0.717) is 45.0 Å². The number of amides is 1. The molecule has 1 heterocycles. The number of anilines is 1. The topological polar surface area (TPSA) is 110 Å². The highest BCUT2D eigenvalue weighted by atomic mass is 35.5. The van der Waals surface area contributed by atoms with E-state index in [0.717, 1.165) is 5.56 Å². The van der Waals surface area contributed by atoms with Gasteiger partial charge in [-0.1, -0.05) is 29.8 Å². The number of nitrogens with one attached hydrogen (secondary N) is 2. The van der Waals surface area contributed by atoms with Gasteiger partial charge >= 0.3 is 0 Å². The lowest BCUT2D eigenvalue weighted by Crippen LogP contribution is -2.24. The van der Waals surface area contributed by atoms with Crippen LogP contribution in [0.4, 0.5) is 5.69 Å². The number of primary amides is 1. The third kappa shape index (κ3) is 4.27. The van der Waals surface area contributed by atoms with Gasteiger partial charge in [-0.15, -0.1) is 0 Å². The summed E-state index contributed by atoms with van der Waals surface area (Å²) in [5.41, 5.74) is 8.54. The molecule has 0 radical (unpaired) electrons. The van der Waals surface area contributed by atoms with Crippen molar-refractivity contribution < 1.29 is 14.6 Å². The Bertz CT molecular complexity index is 1040. The number of rotatable bonds is 8. The number of fused-ring (bicyclic) bond motifs is 1. The van der Waals surface area contributed by atoms with Gasteiger partial charge in [-0.05, 0) is 30.8 Å². The van der Waals surface area contributed by atoms with Crippen molar-refractivity contribution in [1.82, 2.24) is 10.3 Å². The molecule has 0 fully saturated rings. The largest absolute Gasteiger partial charge is 0.495 e. The van der Waals surface area contributed by atoms with Gasteiger partial charge in [0, 0.05) is 23.7 Å². The smallest absolute Gasteiger partial charge is 0.250 e. The van der Waals surface area contributed by atoms with E-state index < -0.39 is 5.91 Å². The second kappa shape index (κ2) is 9.09. The van der Waals surface area contributed by atoms with Gasteiger partial charge in [0.25, 0.3) is 5.91 Å². The molecular weight excluding hydrogens is 392 g/mol. The zero-order chi connectivity index (χ0) is 21.0. The van der Waals surface area contributed by atoms with Crippen LogP contribution >= 0.6 is 11.6 Å². The summed E-state index contributed by atoms with van der Waals surface area (Å²) in [6.07, 6.45) is 1.55. The number of methoxy groups -OCH3 is 1. The zero-order valence-electron chi connectivity index (χ0n) is 16.2. The van der Waals surface area contributed by atoms with Crippen molar-refractivity contribution in [3.8, 4) is 5.75 Å². The molecule has 1 atom stereocenters. The van der Waals surface area contributed by atoms with E-state index in [1.165, 1.54) is 0 Å². The normalized spacial score (nSPS) is 12.0. The molecule has 0 aliphatic carbocycles. The molecule has 0 bridgehead atoms. The SMILES string of the molecule is CNCC(Nc1c(CO)cnc2c(C(N)=O)cccc12)c1ccc(OC)c(Cl)c1. The van der Waals surface area contributed by atoms with Crippen LogP contribution in [0, 0.1) is 0 Å². The maximum atomic E-state index is 11.8. The predicted molar refractivity (Wildman–Crippen MR) is 114 cm³/mol. The van der Waals surface area contributed by atoms with Crippen LogP contribution in [0.3, 0.4) is 0 Å². The maximum absolute atomic E-state index is 11.8. The van der Waals surface area contributed by atoms with E-state index in [1.807, 2.05) is 31.3 Å². The summed E-state index contributed by atoms with van der Waals surface area (Å²) in [4.78, 5) is 16.1. The number of nitrogens with two attached hydrogens (primary N) is 1. The van der Waals surface area contributed by atoms with Gasteiger partial charge in [0.2, 0.25) is 0 Å². The van der Waals surface area contributed by atoms with Crippen molar-refractivity contribution in [2.24, 2.45) is 5.73 Å². The van der Waals surface area contributed by atoms with Gasteiger partial charge in [0.15, 0.2) is 0 Å². The number of hydrogen-bond acceptors (Lipinski definition) is 6. The summed E-state index contributed by atoms with van der Waals surface area (Å²) >= 11 is 6.31. The number of nitrogens with zero attached hydrogens (tertiary/aromatic N) is 1. The lowest BCUT2D eigenvalue weighted by Gasteiger charge is -2.23. The highest BCUT2D eigenvalue weighted by Crippen LogP contribution is 2.33. The van der Waals surface area contributed by atoms with Crippen LogP contribution in [0.2, 0.25) is 5.02 Å². The molecule has 1 unspecified atom stereocenters. The average Bonchev–Trinajstić information content (AvgIpc) is 2.72. The molecule has 8 heteroatoms. The Morgan fingerprint density at radius 1 is 1.34 bits per heavy atom. The molecule has 0 aliphatic heterocycles. The van der Waals surface area contributed by atoms with Crippen LogP contribution in [0.15, 0.2) is 42.6 Å². The van der Waals surface area contributed by atoms with Crippen LogP contribution in [0.25, 0.3) is 10.9 Å². The summed E-state index contributed by atoms with van der Waals surface area (Å²) in [6.45, 7) is 0.383. The lowest BCUT2D eigenvalue weighted by molar-refractivity contribution is 0.100. The number of likely N-dealkylation sites (N-methyl/N-ethyl adjacent to an activating group) is 1. The molecule has 0 saturated carbocycles. The standard InChI is InChI=1S/C21H23ClN4O3/c1-24-10-17(12-6-7-18(29-2)16(22)8-12)26-19-13(11-27)9-25-20-14(19)4-3-5-15(20)21(23)28/h3-9,17,24,27H,10-11H2,1-2H3,(H2,23,28)(H,25,26). The van der Waals surface area contributed by atoms with Crippen LogP contribution in [0.5, 0.6) is 5.75 Å². The van der Waals surface area contributed by atoms with E-state index in [-0.39, 0.29) is 12.6 Å². The van der Waals surface area contributed by atoms with E-state index in [2.05, 4.69) is 15.6 Å². The average molecular weight is 415 g/mol. The molecule has 1 amide bonds. The van der Waals surface area contributed by atoms with E-state index in [1.54, 1.807) is 25.4 Å². The Labute approximate surface area is 173 Å². The van der Waals surface area contributed by atoms with Crippen LogP contribution in [-0.4, -0.2) is 36.7 Å². The molecule has 1 aromatic heterocycles. The molecule has 0 spiro atoms. The molecule has 0 saturated heterocycles. The van der Waals surface area contributed by atoms with E-state index in [9.17, 15) is 9.90 Å². The highest BCUT2D eigenvalue weighted by molar-refractivity contribution is 6.32. The minimum absolute atomic E-state index is 0.170. The Morgan fingerprint density at radius 3 is 2.76 bits per heavy atom. The minimum Gasteiger partial charge on any atom is -0.495 e. The molecule has 5 N–H and O–H groups in total. The summed E-state index contributed by atoms with van der Waals surface area (Å²) in [6, 6.07) is 10.6. The predicted octanol–water partition coefficient (Wildman–Crippen LogP) is 2.86. The van der Waals surface area contributed by atoms with Gasteiger partial charge in [0.05, 0.1) is 41.5 Å². The molecule has 7 nitrogen and oxygen atoms in total. The first kappa shape index (κ1) is 20.9. The van der Waals surface area contributed by atoms with Crippen molar-refractivity contribution in [2.75, 3.05) is 26.0 Å². The number of carbonyl (C=O) groups excluding carboxylic acids is 1. The zero-order valence-corrected chi connectivity index (χ0v) is 17.0. The van der Waals surface area contributed by atoms with Crippen molar-refractivity contribution in [3.05, 3.63) is 64.3 Å². The van der Waals surface area contributed by atoms with Gasteiger partial charge in [-0.3, -0.25) is 9.78 Å². The molecule has 0 aliphatic rings. The summed E-state index contributed by atoms with van der Waals surface area (Å²) in [5.74, 6) is 0.0367. The van der Waals surface area contributed by atoms with Gasteiger partial charge in [-0.2, -0.15) is 0 Å². The van der Waals surface area contributed by atoms with Crippen LogP contribution < -0.4 is 21.1 Å². The monoisotopic (exact) mass is 414 g/mol. The van der Waals surface area contributed by atoms with Gasteiger partial charge < -0.3 is 26.2 Å². The number of pyridine rings is 1. The van der Waals surface area contributed by atoms with Crippen molar-refractivity contribution in [1.29, 1.82) is 0 Å².